The van der Waals surface area contributed by atoms with E-state index in [1.54, 1.807) is 6.20 Å². The third kappa shape index (κ3) is 3.92. The first-order valence-corrected chi connectivity index (χ1v) is 7.67. The molecule has 19 heavy (non-hydrogen) atoms. The number of ether oxygens (including phenoxy) is 1. The van der Waals surface area contributed by atoms with Crippen LogP contribution in [-0.2, 0) is 6.61 Å². The number of nitrogens with zero attached hydrogens (tertiary/aromatic N) is 1. The first-order chi connectivity index (χ1) is 9.10. The second-order valence-corrected chi connectivity index (χ2v) is 6.31. The molecule has 0 spiro atoms. The Hall–Kier alpha value is -0.630. The number of nitrogens with two attached hydrogens (primary N) is 1. The van der Waals surface area contributed by atoms with E-state index in [0.29, 0.717) is 12.4 Å². The lowest BCUT2D eigenvalue weighted by molar-refractivity contribution is 0.302. The van der Waals surface area contributed by atoms with Crippen LogP contribution in [0, 0.1) is 0 Å². The van der Waals surface area contributed by atoms with Crippen molar-refractivity contribution in [1.29, 1.82) is 0 Å². The zero-order valence-corrected chi connectivity index (χ0v) is 14.4. The Morgan fingerprint density at radius 2 is 1.84 bits per heavy atom. The molecule has 3 N–H and O–H groups in total. The number of pyridine rings is 1. The average molecular weight is 452 g/mol. The number of anilines is 1. The minimum atomic E-state index is 0.427. The summed E-state index contributed by atoms with van der Waals surface area (Å²) in [5.41, 5.74) is 3.48. The highest BCUT2D eigenvalue weighted by Crippen LogP contribution is 2.36. The molecule has 4 nitrogen and oxygen atoms in total. The number of hydrogen-bond acceptors (Lipinski definition) is 4. The number of nitrogens with one attached hydrogen (secondary N) is 1. The summed E-state index contributed by atoms with van der Waals surface area (Å²) >= 11 is 10.4. The third-order valence-electron chi connectivity index (χ3n) is 2.32. The van der Waals surface area contributed by atoms with Gasteiger partial charge in [-0.25, -0.2) is 10.8 Å². The Balaban J connectivity index is 2.14. The molecular formula is C12H10Br3N3O. The Morgan fingerprint density at radius 1 is 1.16 bits per heavy atom. The molecule has 0 aliphatic carbocycles. The van der Waals surface area contributed by atoms with Crippen molar-refractivity contribution in [3.8, 4) is 5.75 Å². The molecule has 7 heteroatoms. The SMILES string of the molecule is NNc1cc(COc2c(Br)cc(Br)cc2Br)ccn1. The molecule has 100 valence electrons. The summed E-state index contributed by atoms with van der Waals surface area (Å²) < 4.78 is 8.52. The zero-order valence-electron chi connectivity index (χ0n) is 9.66. The maximum absolute atomic E-state index is 5.80. The molecule has 0 saturated heterocycles. The largest absolute Gasteiger partial charge is 0.487 e. The Morgan fingerprint density at radius 3 is 2.47 bits per heavy atom. The normalized spacial score (nSPS) is 10.3. The molecule has 0 atom stereocenters. The lowest BCUT2D eigenvalue weighted by atomic mass is 10.3. The molecule has 2 rings (SSSR count). The maximum Gasteiger partial charge on any atom is 0.148 e. The molecule has 1 aromatic heterocycles. The van der Waals surface area contributed by atoms with Crippen molar-refractivity contribution in [3.05, 3.63) is 49.4 Å². The van der Waals surface area contributed by atoms with Crippen LogP contribution in [-0.4, -0.2) is 4.98 Å². The van der Waals surface area contributed by atoms with Crippen molar-refractivity contribution < 1.29 is 4.74 Å². The summed E-state index contributed by atoms with van der Waals surface area (Å²) in [5.74, 6) is 6.68. The van der Waals surface area contributed by atoms with Gasteiger partial charge in [0, 0.05) is 10.7 Å². The fourth-order valence-corrected chi connectivity index (χ4v) is 3.95. The van der Waals surface area contributed by atoms with Gasteiger partial charge in [0.1, 0.15) is 18.2 Å². The van der Waals surface area contributed by atoms with Gasteiger partial charge in [-0.15, -0.1) is 0 Å². The van der Waals surface area contributed by atoms with E-state index in [2.05, 4.69) is 58.2 Å². The van der Waals surface area contributed by atoms with E-state index in [9.17, 15) is 0 Å². The third-order valence-corrected chi connectivity index (χ3v) is 3.95. The molecule has 0 radical (unpaired) electrons. The summed E-state index contributed by atoms with van der Waals surface area (Å²) in [5, 5.41) is 0. The molecule has 1 heterocycles. The number of halogens is 3. The smallest absolute Gasteiger partial charge is 0.148 e. The highest BCUT2D eigenvalue weighted by atomic mass is 79.9. The molecule has 0 unspecified atom stereocenters. The second-order valence-electron chi connectivity index (χ2n) is 3.68. The molecule has 0 bridgehead atoms. The number of hydrazine groups is 1. The first-order valence-electron chi connectivity index (χ1n) is 5.29. The van der Waals surface area contributed by atoms with E-state index >= 15 is 0 Å². The Kier molecular flexibility index (Phi) is 5.20. The minimum Gasteiger partial charge on any atom is -0.487 e. The van der Waals surface area contributed by atoms with Crippen LogP contribution in [0.4, 0.5) is 5.82 Å². The van der Waals surface area contributed by atoms with Gasteiger partial charge in [-0.1, -0.05) is 15.9 Å². The Labute approximate surface area is 136 Å². The van der Waals surface area contributed by atoms with Crippen molar-refractivity contribution in [3.63, 3.8) is 0 Å². The van der Waals surface area contributed by atoms with E-state index < -0.39 is 0 Å². The number of aromatic nitrogens is 1. The molecule has 0 amide bonds. The van der Waals surface area contributed by atoms with Crippen molar-refractivity contribution >= 4 is 53.6 Å². The fraction of sp³-hybridized carbons (Fsp3) is 0.0833. The zero-order chi connectivity index (χ0) is 13.8. The summed E-state index contributed by atoms with van der Waals surface area (Å²) in [7, 11) is 0. The summed E-state index contributed by atoms with van der Waals surface area (Å²) in [4.78, 5) is 4.04. The van der Waals surface area contributed by atoms with Crippen molar-refractivity contribution in [1.82, 2.24) is 4.98 Å². The molecule has 1 aromatic carbocycles. The van der Waals surface area contributed by atoms with Crippen LogP contribution in [0.5, 0.6) is 5.75 Å². The first kappa shape index (κ1) is 14.8. The van der Waals surface area contributed by atoms with Gasteiger partial charge >= 0.3 is 0 Å². The standard InChI is InChI=1S/C12H10Br3N3O/c13-8-4-9(14)12(10(15)5-8)19-6-7-1-2-17-11(3-7)18-16/h1-5H,6,16H2,(H,17,18). The van der Waals surface area contributed by atoms with E-state index in [1.165, 1.54) is 0 Å². The van der Waals surface area contributed by atoms with Crippen LogP contribution in [0.2, 0.25) is 0 Å². The van der Waals surface area contributed by atoms with Gasteiger partial charge in [0.25, 0.3) is 0 Å². The van der Waals surface area contributed by atoms with Gasteiger partial charge in [-0.2, -0.15) is 0 Å². The van der Waals surface area contributed by atoms with E-state index in [0.717, 1.165) is 24.7 Å². The lowest BCUT2D eigenvalue weighted by Gasteiger charge is -2.11. The van der Waals surface area contributed by atoms with Crippen LogP contribution in [0.1, 0.15) is 5.56 Å². The topological polar surface area (TPSA) is 60.2 Å². The van der Waals surface area contributed by atoms with Gasteiger partial charge in [-0.3, -0.25) is 0 Å². The average Bonchev–Trinajstić information content (AvgIpc) is 2.37. The number of rotatable bonds is 4. The predicted molar refractivity (Wildman–Crippen MR) is 85.9 cm³/mol. The van der Waals surface area contributed by atoms with Crippen molar-refractivity contribution in [2.75, 3.05) is 5.43 Å². The second kappa shape index (κ2) is 6.69. The monoisotopic (exact) mass is 449 g/mol. The highest BCUT2D eigenvalue weighted by molar-refractivity contribution is 9.11. The summed E-state index contributed by atoms with van der Waals surface area (Å²) in [6.07, 6.45) is 1.68. The minimum absolute atomic E-state index is 0.427. The van der Waals surface area contributed by atoms with E-state index in [-0.39, 0.29) is 0 Å². The molecular weight excluding hydrogens is 442 g/mol. The lowest BCUT2D eigenvalue weighted by Crippen LogP contribution is -2.09. The van der Waals surface area contributed by atoms with Gasteiger partial charge in [-0.05, 0) is 61.7 Å². The van der Waals surface area contributed by atoms with Crippen LogP contribution >= 0.6 is 47.8 Å². The summed E-state index contributed by atoms with van der Waals surface area (Å²) in [6, 6.07) is 7.57. The quantitative estimate of drug-likeness (QED) is 0.539. The molecule has 0 aliphatic rings. The van der Waals surface area contributed by atoms with Gasteiger partial charge < -0.3 is 10.2 Å². The van der Waals surface area contributed by atoms with Crippen LogP contribution in [0.3, 0.4) is 0 Å². The van der Waals surface area contributed by atoms with Gasteiger partial charge in [0.05, 0.1) is 8.95 Å². The van der Waals surface area contributed by atoms with Crippen LogP contribution < -0.4 is 16.0 Å². The van der Waals surface area contributed by atoms with Crippen molar-refractivity contribution in [2.24, 2.45) is 5.84 Å². The van der Waals surface area contributed by atoms with Crippen LogP contribution in [0.15, 0.2) is 43.9 Å². The van der Waals surface area contributed by atoms with Crippen LogP contribution in [0.25, 0.3) is 0 Å². The predicted octanol–water partition coefficient (Wildman–Crippen LogP) is 4.23. The molecule has 0 fully saturated rings. The molecule has 2 aromatic rings. The number of hydrogen-bond donors (Lipinski definition) is 2. The summed E-state index contributed by atoms with van der Waals surface area (Å²) in [6.45, 7) is 0.427. The highest BCUT2D eigenvalue weighted by Gasteiger charge is 2.08. The van der Waals surface area contributed by atoms with Gasteiger partial charge in [0.15, 0.2) is 0 Å². The van der Waals surface area contributed by atoms with Gasteiger partial charge in [0.2, 0.25) is 0 Å². The number of benzene rings is 1. The molecule has 0 aliphatic heterocycles. The van der Waals surface area contributed by atoms with Crippen molar-refractivity contribution in [2.45, 2.75) is 6.61 Å². The number of nitrogen functional groups attached to an aromatic ring is 1. The maximum atomic E-state index is 5.80. The van der Waals surface area contributed by atoms with E-state index in [4.69, 9.17) is 10.6 Å². The Bertz CT molecular complexity index is 569. The van der Waals surface area contributed by atoms with E-state index in [1.807, 2.05) is 24.3 Å². The fourth-order valence-electron chi connectivity index (χ4n) is 1.47. The molecule has 0 saturated carbocycles.